The molecule has 0 spiro atoms. The number of anilines is 1. The number of benzene rings is 1. The lowest BCUT2D eigenvalue weighted by atomic mass is 10.2. The Morgan fingerprint density at radius 3 is 2.61 bits per heavy atom. The predicted molar refractivity (Wildman–Crippen MR) is 79.0 cm³/mol. The van der Waals surface area contributed by atoms with Crippen molar-refractivity contribution in [2.45, 2.75) is 39.2 Å². The summed E-state index contributed by atoms with van der Waals surface area (Å²) >= 11 is 0. The maximum absolute atomic E-state index is 3.54. The van der Waals surface area contributed by atoms with Gasteiger partial charge in [-0.2, -0.15) is 0 Å². The van der Waals surface area contributed by atoms with Crippen molar-refractivity contribution in [1.82, 2.24) is 4.90 Å². The maximum atomic E-state index is 3.54. The second kappa shape index (κ2) is 6.79. The van der Waals surface area contributed by atoms with E-state index >= 15 is 0 Å². The molecule has 1 aromatic carbocycles. The average molecular weight is 246 g/mol. The molecule has 1 aliphatic carbocycles. The summed E-state index contributed by atoms with van der Waals surface area (Å²) in [5.41, 5.74) is 1.23. The van der Waals surface area contributed by atoms with E-state index in [1.165, 1.54) is 38.0 Å². The first-order valence-electron chi connectivity index (χ1n) is 7.32. The highest BCUT2D eigenvalue weighted by atomic mass is 15.2. The van der Waals surface area contributed by atoms with Gasteiger partial charge in [0.25, 0.3) is 0 Å². The molecule has 1 aromatic rings. The van der Waals surface area contributed by atoms with Crippen molar-refractivity contribution < 1.29 is 0 Å². The van der Waals surface area contributed by atoms with Gasteiger partial charge in [0.15, 0.2) is 0 Å². The molecule has 1 aliphatic rings. The van der Waals surface area contributed by atoms with E-state index in [-0.39, 0.29) is 0 Å². The van der Waals surface area contributed by atoms with Crippen LogP contribution in [0, 0.1) is 5.92 Å². The molecule has 0 amide bonds. The van der Waals surface area contributed by atoms with Crippen molar-refractivity contribution in [3.8, 4) is 0 Å². The van der Waals surface area contributed by atoms with Gasteiger partial charge in [-0.1, -0.05) is 25.1 Å². The fourth-order valence-electron chi connectivity index (χ4n) is 2.36. The molecule has 2 rings (SSSR count). The van der Waals surface area contributed by atoms with E-state index in [0.29, 0.717) is 6.04 Å². The Morgan fingerprint density at radius 2 is 2.00 bits per heavy atom. The minimum atomic E-state index is 0.616. The van der Waals surface area contributed by atoms with E-state index in [9.17, 15) is 0 Å². The van der Waals surface area contributed by atoms with E-state index in [1.807, 2.05) is 0 Å². The molecule has 1 atom stereocenters. The molecule has 2 nitrogen and oxygen atoms in total. The average Bonchev–Trinajstić information content (AvgIpc) is 3.21. The monoisotopic (exact) mass is 246 g/mol. The van der Waals surface area contributed by atoms with Gasteiger partial charge in [-0.05, 0) is 50.8 Å². The summed E-state index contributed by atoms with van der Waals surface area (Å²) in [4.78, 5) is 2.65. The molecule has 0 aromatic heterocycles. The summed E-state index contributed by atoms with van der Waals surface area (Å²) in [6, 6.07) is 11.1. The molecule has 0 saturated heterocycles. The van der Waals surface area contributed by atoms with Crippen molar-refractivity contribution in [3.05, 3.63) is 30.3 Å². The highest BCUT2D eigenvalue weighted by molar-refractivity contribution is 5.42. The number of nitrogens with zero attached hydrogens (tertiary/aromatic N) is 1. The number of nitrogens with one attached hydrogen (secondary N) is 1. The molecule has 0 bridgehead atoms. The second-order valence-corrected chi connectivity index (χ2v) is 5.53. The first-order chi connectivity index (χ1) is 8.79. The minimum absolute atomic E-state index is 0.616. The lowest BCUT2D eigenvalue weighted by molar-refractivity contribution is 0.208. The normalized spacial score (nSPS) is 16.8. The van der Waals surface area contributed by atoms with E-state index < -0.39 is 0 Å². The fraction of sp³-hybridized carbons (Fsp3) is 0.625. The first kappa shape index (κ1) is 13.4. The van der Waals surface area contributed by atoms with Crippen LogP contribution in [0.25, 0.3) is 0 Å². The number of para-hydroxylation sites is 1. The van der Waals surface area contributed by atoms with Crippen molar-refractivity contribution in [1.29, 1.82) is 0 Å². The zero-order valence-electron chi connectivity index (χ0n) is 11.7. The van der Waals surface area contributed by atoms with Crippen molar-refractivity contribution >= 4 is 5.69 Å². The van der Waals surface area contributed by atoms with Gasteiger partial charge in [0, 0.05) is 24.8 Å². The molecular formula is C16H26N2. The summed E-state index contributed by atoms with van der Waals surface area (Å²) in [7, 11) is 0. The van der Waals surface area contributed by atoms with E-state index in [0.717, 1.165) is 12.5 Å². The van der Waals surface area contributed by atoms with Crippen LogP contribution in [-0.4, -0.2) is 30.6 Å². The summed E-state index contributed by atoms with van der Waals surface area (Å²) in [6.45, 7) is 8.18. The zero-order chi connectivity index (χ0) is 12.8. The molecule has 1 fully saturated rings. The molecule has 1 saturated carbocycles. The SMILES string of the molecule is CCCN(CC1CC1)C(C)CNc1ccccc1. The molecule has 0 radical (unpaired) electrons. The van der Waals surface area contributed by atoms with Crippen LogP contribution in [0.2, 0.25) is 0 Å². The molecule has 0 heterocycles. The summed E-state index contributed by atoms with van der Waals surface area (Å²) in [5, 5.41) is 3.54. The third-order valence-corrected chi connectivity index (χ3v) is 3.70. The molecule has 0 aliphatic heterocycles. The Bertz CT molecular complexity index is 332. The van der Waals surface area contributed by atoms with Crippen LogP contribution in [0.3, 0.4) is 0 Å². The highest BCUT2D eigenvalue weighted by Crippen LogP contribution is 2.30. The third-order valence-electron chi connectivity index (χ3n) is 3.70. The van der Waals surface area contributed by atoms with Gasteiger partial charge in [-0.3, -0.25) is 4.90 Å². The lowest BCUT2D eigenvalue weighted by Gasteiger charge is -2.29. The van der Waals surface area contributed by atoms with Crippen molar-refractivity contribution in [2.24, 2.45) is 5.92 Å². The summed E-state index contributed by atoms with van der Waals surface area (Å²) in [5.74, 6) is 0.982. The lowest BCUT2D eigenvalue weighted by Crippen LogP contribution is -2.39. The van der Waals surface area contributed by atoms with Crippen molar-refractivity contribution in [3.63, 3.8) is 0 Å². The number of hydrogen-bond donors (Lipinski definition) is 1. The van der Waals surface area contributed by atoms with Crippen molar-refractivity contribution in [2.75, 3.05) is 25.0 Å². The first-order valence-corrected chi connectivity index (χ1v) is 7.32. The van der Waals surface area contributed by atoms with Crippen LogP contribution >= 0.6 is 0 Å². The topological polar surface area (TPSA) is 15.3 Å². The van der Waals surface area contributed by atoms with E-state index in [4.69, 9.17) is 0 Å². The quantitative estimate of drug-likeness (QED) is 0.754. The van der Waals surface area contributed by atoms with Crippen LogP contribution in [0.15, 0.2) is 30.3 Å². The Morgan fingerprint density at radius 1 is 1.28 bits per heavy atom. The van der Waals surface area contributed by atoms with Gasteiger partial charge in [-0.15, -0.1) is 0 Å². The summed E-state index contributed by atoms with van der Waals surface area (Å²) in [6.07, 6.45) is 4.14. The minimum Gasteiger partial charge on any atom is -0.383 e. The largest absolute Gasteiger partial charge is 0.383 e. The van der Waals surface area contributed by atoms with E-state index in [2.05, 4.69) is 54.4 Å². The Labute approximate surface area is 111 Å². The maximum Gasteiger partial charge on any atom is 0.0340 e. The Kier molecular flexibility index (Phi) is 5.06. The van der Waals surface area contributed by atoms with Gasteiger partial charge in [0.2, 0.25) is 0 Å². The molecule has 2 heteroatoms. The standard InChI is InChI=1S/C16H26N2/c1-3-11-18(13-15-9-10-15)14(2)12-17-16-7-5-4-6-8-16/h4-8,14-15,17H,3,9-13H2,1-2H3. The smallest absolute Gasteiger partial charge is 0.0340 e. The second-order valence-electron chi connectivity index (χ2n) is 5.53. The van der Waals surface area contributed by atoms with Gasteiger partial charge >= 0.3 is 0 Å². The zero-order valence-corrected chi connectivity index (χ0v) is 11.7. The molecule has 1 N–H and O–H groups in total. The molecule has 1 unspecified atom stereocenters. The summed E-state index contributed by atoms with van der Waals surface area (Å²) < 4.78 is 0. The number of rotatable bonds is 8. The van der Waals surface area contributed by atoms with E-state index in [1.54, 1.807) is 0 Å². The molecule has 18 heavy (non-hydrogen) atoms. The fourth-order valence-corrected chi connectivity index (χ4v) is 2.36. The Hall–Kier alpha value is -1.02. The van der Waals surface area contributed by atoms with Gasteiger partial charge in [-0.25, -0.2) is 0 Å². The molecule has 100 valence electrons. The van der Waals surface area contributed by atoms with Gasteiger partial charge in [0.05, 0.1) is 0 Å². The van der Waals surface area contributed by atoms with Crippen LogP contribution in [0.1, 0.15) is 33.1 Å². The third kappa shape index (κ3) is 4.34. The van der Waals surface area contributed by atoms with Crippen LogP contribution in [0.4, 0.5) is 5.69 Å². The number of hydrogen-bond acceptors (Lipinski definition) is 2. The van der Waals surface area contributed by atoms with Crippen LogP contribution in [0.5, 0.6) is 0 Å². The predicted octanol–water partition coefficient (Wildman–Crippen LogP) is 3.61. The van der Waals surface area contributed by atoms with Crippen LogP contribution < -0.4 is 5.32 Å². The highest BCUT2D eigenvalue weighted by Gasteiger charge is 2.25. The van der Waals surface area contributed by atoms with Crippen LogP contribution in [-0.2, 0) is 0 Å². The Balaban J connectivity index is 1.78. The molecular weight excluding hydrogens is 220 g/mol. The van der Waals surface area contributed by atoms with Gasteiger partial charge < -0.3 is 5.32 Å². The van der Waals surface area contributed by atoms with Gasteiger partial charge in [0.1, 0.15) is 0 Å².